The molecule has 0 atom stereocenters. The van der Waals surface area contributed by atoms with Gasteiger partial charge in [-0.25, -0.2) is 0 Å². The van der Waals surface area contributed by atoms with Gasteiger partial charge < -0.3 is 5.21 Å². The first-order valence-electron chi connectivity index (χ1n) is 4.96. The van der Waals surface area contributed by atoms with Gasteiger partial charge in [-0.05, 0) is 30.3 Å². The fourth-order valence-electron chi connectivity index (χ4n) is 1.28. The van der Waals surface area contributed by atoms with E-state index in [1.165, 1.54) is 6.07 Å². The van der Waals surface area contributed by atoms with Crippen molar-refractivity contribution in [2.24, 2.45) is 5.11 Å². The molecule has 0 saturated heterocycles. The molecule has 0 unspecified atom stereocenters. The molecule has 0 radical (unpaired) electrons. The van der Waals surface area contributed by atoms with Crippen molar-refractivity contribution in [2.75, 3.05) is 0 Å². The highest BCUT2D eigenvalue weighted by Crippen LogP contribution is 2.27. The Hall–Kier alpha value is -1.29. The van der Waals surface area contributed by atoms with Gasteiger partial charge in [-0.2, -0.15) is 0 Å². The lowest BCUT2D eigenvalue weighted by molar-refractivity contribution is -0.435. The van der Waals surface area contributed by atoms with E-state index in [0.29, 0.717) is 31.3 Å². The summed E-state index contributed by atoms with van der Waals surface area (Å²) in [5.41, 5.74) is 0.805. The van der Waals surface area contributed by atoms with Crippen LogP contribution in [0.25, 0.3) is 0 Å². The second kappa shape index (κ2) is 5.57. The van der Waals surface area contributed by atoms with Crippen molar-refractivity contribution >= 4 is 46.2 Å². The summed E-state index contributed by atoms with van der Waals surface area (Å²) in [6.45, 7) is 0. The van der Waals surface area contributed by atoms with Crippen molar-refractivity contribution in [1.82, 2.24) is 0 Å². The van der Waals surface area contributed by atoms with E-state index >= 15 is 0 Å². The summed E-state index contributed by atoms with van der Waals surface area (Å²) in [7, 11) is 0. The van der Waals surface area contributed by atoms with Gasteiger partial charge >= 0.3 is 0 Å². The molecule has 0 aliphatic carbocycles. The third-order valence-electron chi connectivity index (χ3n) is 2.16. The lowest BCUT2D eigenvalue weighted by Gasteiger charge is -2.00. The molecule has 0 spiro atoms. The molecule has 2 rings (SSSR count). The molecule has 0 amide bonds. The normalized spacial score (nSPS) is 11.6. The molecule has 0 bridgehead atoms. The minimum atomic E-state index is 0.349. The van der Waals surface area contributed by atoms with Gasteiger partial charge in [-0.15, -0.1) is 0 Å². The molecule has 6 heteroatoms. The molecular formula is C12H7Cl3N2O. The maximum atomic E-state index is 11.8. The predicted octanol–water partition coefficient (Wildman–Crippen LogP) is 5.57. The number of azo groups is 1. The lowest BCUT2D eigenvalue weighted by Crippen LogP contribution is -1.89. The Bertz CT molecular complexity index is 597. The van der Waals surface area contributed by atoms with Crippen LogP contribution >= 0.6 is 34.8 Å². The Labute approximate surface area is 119 Å². The lowest BCUT2D eigenvalue weighted by atomic mass is 10.3. The van der Waals surface area contributed by atoms with E-state index in [4.69, 9.17) is 34.8 Å². The summed E-state index contributed by atoms with van der Waals surface area (Å²) in [4.78, 5) is 0.496. The van der Waals surface area contributed by atoms with Crippen molar-refractivity contribution in [2.45, 2.75) is 0 Å². The second-order valence-corrected chi connectivity index (χ2v) is 4.70. The summed E-state index contributed by atoms with van der Waals surface area (Å²) in [6, 6.07) is 11.1. The van der Waals surface area contributed by atoms with E-state index in [1.54, 1.807) is 36.4 Å². The molecule has 18 heavy (non-hydrogen) atoms. The first kappa shape index (κ1) is 13.1. The summed E-state index contributed by atoms with van der Waals surface area (Å²) in [6.07, 6.45) is 0. The third kappa shape index (κ3) is 3.13. The topological polar surface area (TPSA) is 38.4 Å². The van der Waals surface area contributed by atoms with Crippen LogP contribution in [-0.2, 0) is 0 Å². The SMILES string of the molecule is [O-][N+](=Nc1ccc(Cl)c(Cl)c1)c1ccc(Cl)cc1. The molecule has 0 aliphatic rings. The number of hydrogen-bond donors (Lipinski definition) is 0. The van der Waals surface area contributed by atoms with Crippen LogP contribution in [0.2, 0.25) is 15.1 Å². The summed E-state index contributed by atoms with van der Waals surface area (Å²) in [5, 5.41) is 16.9. The van der Waals surface area contributed by atoms with Gasteiger partial charge in [0, 0.05) is 22.3 Å². The van der Waals surface area contributed by atoms with Gasteiger partial charge in [0.15, 0.2) is 0 Å². The van der Waals surface area contributed by atoms with Crippen LogP contribution in [0.15, 0.2) is 47.6 Å². The van der Waals surface area contributed by atoms with Crippen LogP contribution in [0.1, 0.15) is 0 Å². The molecule has 0 N–H and O–H groups in total. The highest BCUT2D eigenvalue weighted by molar-refractivity contribution is 6.42. The van der Waals surface area contributed by atoms with Gasteiger partial charge in [-0.1, -0.05) is 39.7 Å². The molecule has 0 heterocycles. The van der Waals surface area contributed by atoms with Crippen LogP contribution in [0.3, 0.4) is 0 Å². The molecular weight excluding hydrogens is 295 g/mol. The Kier molecular flexibility index (Phi) is 4.07. The molecule has 0 aromatic heterocycles. The summed E-state index contributed by atoms with van der Waals surface area (Å²) >= 11 is 17.3. The van der Waals surface area contributed by atoms with Gasteiger partial charge in [-0.3, -0.25) is 0 Å². The quantitative estimate of drug-likeness (QED) is 0.406. The molecule has 0 fully saturated rings. The van der Waals surface area contributed by atoms with Crippen molar-refractivity contribution in [1.29, 1.82) is 0 Å². The van der Waals surface area contributed by atoms with E-state index < -0.39 is 0 Å². The summed E-state index contributed by atoms with van der Waals surface area (Å²) < 4.78 is 0. The van der Waals surface area contributed by atoms with Crippen molar-refractivity contribution in [3.63, 3.8) is 0 Å². The molecule has 92 valence electrons. The first-order valence-corrected chi connectivity index (χ1v) is 6.09. The average Bonchev–Trinajstić information content (AvgIpc) is 2.34. The standard InChI is InChI=1S/C12H7Cl3N2O/c13-8-1-4-10(5-2-8)17(18)16-9-3-6-11(14)12(15)7-9/h1-7H. The Morgan fingerprint density at radius 2 is 1.56 bits per heavy atom. The van der Waals surface area contributed by atoms with E-state index in [9.17, 15) is 5.21 Å². The van der Waals surface area contributed by atoms with Gasteiger partial charge in [0.1, 0.15) is 5.69 Å². The number of rotatable bonds is 2. The highest BCUT2D eigenvalue weighted by atomic mass is 35.5. The number of benzene rings is 2. The zero-order valence-electron chi connectivity index (χ0n) is 8.98. The van der Waals surface area contributed by atoms with Gasteiger partial charge in [0.25, 0.3) is 0 Å². The Balaban J connectivity index is 2.32. The molecule has 0 aliphatic heterocycles. The van der Waals surface area contributed by atoms with Crippen LogP contribution in [-0.4, -0.2) is 4.86 Å². The first-order chi connectivity index (χ1) is 8.56. The second-order valence-electron chi connectivity index (χ2n) is 3.45. The van der Waals surface area contributed by atoms with E-state index in [1.807, 2.05) is 0 Å². The maximum Gasteiger partial charge on any atom is 0.245 e. The van der Waals surface area contributed by atoms with E-state index in [0.717, 1.165) is 0 Å². The van der Waals surface area contributed by atoms with Crippen LogP contribution in [0.5, 0.6) is 0 Å². The van der Waals surface area contributed by atoms with E-state index in [-0.39, 0.29) is 0 Å². The Morgan fingerprint density at radius 1 is 0.889 bits per heavy atom. The van der Waals surface area contributed by atoms with Crippen molar-refractivity contribution in [3.05, 3.63) is 62.7 Å². The van der Waals surface area contributed by atoms with Crippen molar-refractivity contribution < 1.29 is 4.86 Å². The van der Waals surface area contributed by atoms with Crippen LogP contribution in [0.4, 0.5) is 11.4 Å². The predicted molar refractivity (Wildman–Crippen MR) is 73.3 cm³/mol. The highest BCUT2D eigenvalue weighted by Gasteiger charge is 2.05. The minimum absolute atomic E-state index is 0.349. The minimum Gasteiger partial charge on any atom is -0.594 e. The fourth-order valence-corrected chi connectivity index (χ4v) is 1.70. The van der Waals surface area contributed by atoms with Gasteiger partial charge in [0.05, 0.1) is 10.0 Å². The Morgan fingerprint density at radius 3 is 2.17 bits per heavy atom. The fraction of sp³-hybridized carbons (Fsp3) is 0. The molecule has 3 nitrogen and oxygen atoms in total. The largest absolute Gasteiger partial charge is 0.594 e. The van der Waals surface area contributed by atoms with Crippen LogP contribution in [0, 0.1) is 5.21 Å². The molecule has 2 aromatic rings. The van der Waals surface area contributed by atoms with E-state index in [2.05, 4.69) is 5.11 Å². The van der Waals surface area contributed by atoms with Gasteiger partial charge in [0.2, 0.25) is 5.69 Å². The average molecular weight is 302 g/mol. The zero-order chi connectivity index (χ0) is 13.1. The smallest absolute Gasteiger partial charge is 0.245 e. The van der Waals surface area contributed by atoms with Crippen LogP contribution < -0.4 is 0 Å². The monoisotopic (exact) mass is 300 g/mol. The van der Waals surface area contributed by atoms with Crippen molar-refractivity contribution in [3.8, 4) is 0 Å². The zero-order valence-corrected chi connectivity index (χ0v) is 11.2. The summed E-state index contributed by atoms with van der Waals surface area (Å²) in [5.74, 6) is 0. The molecule has 2 aromatic carbocycles. The number of hydrogen-bond acceptors (Lipinski definition) is 2. The molecule has 0 saturated carbocycles. The number of halogens is 3. The third-order valence-corrected chi connectivity index (χ3v) is 3.15. The number of nitrogens with zero attached hydrogens (tertiary/aromatic N) is 2. The maximum absolute atomic E-state index is 11.8.